The third kappa shape index (κ3) is 3.89. The lowest BCUT2D eigenvalue weighted by Crippen LogP contribution is -2.32. The van der Waals surface area contributed by atoms with E-state index in [0.29, 0.717) is 11.7 Å². The standard InChI is InChI=1S/C19H29NO2/c1-5-10-22-18-11-14(4)17(12-16(18)13(2)3)19(21)15-6-8-20-9-7-15/h11-13,15,20H,5-10H2,1-4H3. The Morgan fingerprint density at radius 1 is 1.32 bits per heavy atom. The molecular formula is C19H29NO2. The number of ether oxygens (including phenoxy) is 1. The van der Waals surface area contributed by atoms with Gasteiger partial charge in [-0.1, -0.05) is 20.8 Å². The molecule has 0 unspecified atom stereocenters. The number of hydrogen-bond donors (Lipinski definition) is 1. The molecule has 2 rings (SSSR count). The number of hydrogen-bond acceptors (Lipinski definition) is 3. The number of benzene rings is 1. The van der Waals surface area contributed by atoms with Crippen LogP contribution in [-0.2, 0) is 0 Å². The van der Waals surface area contributed by atoms with E-state index in [0.717, 1.165) is 61.4 Å². The third-order valence-electron chi connectivity index (χ3n) is 4.42. The monoisotopic (exact) mass is 303 g/mol. The first-order chi connectivity index (χ1) is 10.5. The van der Waals surface area contributed by atoms with Crippen LogP contribution in [0.25, 0.3) is 0 Å². The Morgan fingerprint density at radius 3 is 2.59 bits per heavy atom. The number of carbonyl (C=O) groups is 1. The van der Waals surface area contributed by atoms with Crippen molar-refractivity contribution in [3.8, 4) is 5.75 Å². The molecular weight excluding hydrogens is 274 g/mol. The van der Waals surface area contributed by atoms with E-state index in [1.54, 1.807) is 0 Å². The van der Waals surface area contributed by atoms with Gasteiger partial charge in [-0.3, -0.25) is 4.79 Å². The molecule has 122 valence electrons. The quantitative estimate of drug-likeness (QED) is 0.804. The molecule has 1 aliphatic rings. The van der Waals surface area contributed by atoms with E-state index in [2.05, 4.69) is 38.2 Å². The normalized spacial score (nSPS) is 16.0. The van der Waals surface area contributed by atoms with Crippen LogP contribution in [0.2, 0.25) is 0 Å². The average Bonchev–Trinajstić information content (AvgIpc) is 2.52. The lowest BCUT2D eigenvalue weighted by molar-refractivity contribution is 0.0894. The summed E-state index contributed by atoms with van der Waals surface area (Å²) in [5, 5.41) is 3.33. The van der Waals surface area contributed by atoms with Gasteiger partial charge in [0, 0.05) is 11.5 Å². The molecule has 1 aromatic rings. The Balaban J connectivity index is 2.31. The van der Waals surface area contributed by atoms with Gasteiger partial charge < -0.3 is 10.1 Å². The van der Waals surface area contributed by atoms with Crippen LogP contribution >= 0.6 is 0 Å². The molecule has 1 N–H and O–H groups in total. The predicted octanol–water partition coefficient (Wildman–Crippen LogP) is 4.09. The van der Waals surface area contributed by atoms with Crippen molar-refractivity contribution in [2.75, 3.05) is 19.7 Å². The molecule has 3 heteroatoms. The summed E-state index contributed by atoms with van der Waals surface area (Å²) in [6, 6.07) is 4.13. The summed E-state index contributed by atoms with van der Waals surface area (Å²) in [7, 11) is 0. The van der Waals surface area contributed by atoms with Gasteiger partial charge in [0.2, 0.25) is 0 Å². The first-order valence-electron chi connectivity index (χ1n) is 8.56. The summed E-state index contributed by atoms with van der Waals surface area (Å²) in [4.78, 5) is 12.9. The van der Waals surface area contributed by atoms with Crippen LogP contribution in [0.5, 0.6) is 5.75 Å². The fourth-order valence-corrected chi connectivity index (χ4v) is 3.06. The Bertz CT molecular complexity index is 516. The van der Waals surface area contributed by atoms with Gasteiger partial charge in [-0.2, -0.15) is 0 Å². The van der Waals surface area contributed by atoms with Crippen molar-refractivity contribution in [2.45, 2.75) is 52.9 Å². The van der Waals surface area contributed by atoms with Gasteiger partial charge in [0.05, 0.1) is 6.61 Å². The smallest absolute Gasteiger partial charge is 0.166 e. The minimum absolute atomic E-state index is 0.169. The van der Waals surface area contributed by atoms with Crippen LogP contribution in [0.4, 0.5) is 0 Å². The maximum atomic E-state index is 12.9. The SMILES string of the molecule is CCCOc1cc(C)c(C(=O)C2CCNCC2)cc1C(C)C. The fourth-order valence-electron chi connectivity index (χ4n) is 3.06. The van der Waals surface area contributed by atoms with Gasteiger partial charge in [-0.15, -0.1) is 0 Å². The topological polar surface area (TPSA) is 38.3 Å². The molecule has 1 fully saturated rings. The zero-order valence-corrected chi connectivity index (χ0v) is 14.4. The van der Waals surface area contributed by atoms with E-state index in [1.807, 2.05) is 6.92 Å². The highest BCUT2D eigenvalue weighted by Crippen LogP contribution is 2.32. The van der Waals surface area contributed by atoms with Crippen LogP contribution in [0.15, 0.2) is 12.1 Å². The number of rotatable bonds is 6. The average molecular weight is 303 g/mol. The summed E-state index contributed by atoms with van der Waals surface area (Å²) in [5.74, 6) is 1.77. The predicted molar refractivity (Wildman–Crippen MR) is 91.0 cm³/mol. The second-order valence-corrected chi connectivity index (χ2v) is 6.60. The second kappa shape index (κ2) is 7.77. The van der Waals surface area contributed by atoms with Gasteiger partial charge in [0.25, 0.3) is 0 Å². The molecule has 0 aliphatic carbocycles. The molecule has 0 spiro atoms. The van der Waals surface area contributed by atoms with Gasteiger partial charge in [-0.25, -0.2) is 0 Å². The van der Waals surface area contributed by atoms with Crippen molar-refractivity contribution in [3.05, 3.63) is 28.8 Å². The molecule has 3 nitrogen and oxygen atoms in total. The van der Waals surface area contributed by atoms with Gasteiger partial charge in [0.15, 0.2) is 5.78 Å². The van der Waals surface area contributed by atoms with Crippen LogP contribution in [0.3, 0.4) is 0 Å². The molecule has 0 atom stereocenters. The minimum atomic E-state index is 0.169. The van der Waals surface area contributed by atoms with E-state index in [9.17, 15) is 4.79 Å². The number of nitrogens with one attached hydrogen (secondary N) is 1. The van der Waals surface area contributed by atoms with Crippen molar-refractivity contribution in [3.63, 3.8) is 0 Å². The molecule has 0 radical (unpaired) electrons. The fraction of sp³-hybridized carbons (Fsp3) is 0.632. The largest absolute Gasteiger partial charge is 0.493 e. The number of ketones is 1. The number of aryl methyl sites for hydroxylation is 1. The zero-order valence-electron chi connectivity index (χ0n) is 14.4. The number of carbonyl (C=O) groups excluding carboxylic acids is 1. The molecule has 0 aromatic heterocycles. The van der Waals surface area contributed by atoms with Crippen LogP contribution < -0.4 is 10.1 Å². The molecule has 1 heterocycles. The summed E-state index contributed by atoms with van der Waals surface area (Å²) in [5.41, 5.74) is 3.08. The molecule has 0 amide bonds. The molecule has 1 aromatic carbocycles. The molecule has 0 bridgehead atoms. The van der Waals surface area contributed by atoms with Crippen molar-refractivity contribution in [1.82, 2.24) is 5.32 Å². The molecule has 0 saturated carbocycles. The summed E-state index contributed by atoms with van der Waals surface area (Å²) >= 11 is 0. The Labute approximate surface area is 134 Å². The first kappa shape index (κ1) is 17.0. The van der Waals surface area contributed by atoms with E-state index in [4.69, 9.17) is 4.74 Å². The highest BCUT2D eigenvalue weighted by atomic mass is 16.5. The van der Waals surface area contributed by atoms with Crippen LogP contribution in [-0.4, -0.2) is 25.5 Å². The Kier molecular flexibility index (Phi) is 6.01. The van der Waals surface area contributed by atoms with E-state index < -0.39 is 0 Å². The lowest BCUT2D eigenvalue weighted by atomic mass is 9.86. The first-order valence-corrected chi connectivity index (χ1v) is 8.56. The van der Waals surface area contributed by atoms with E-state index in [1.165, 1.54) is 0 Å². The minimum Gasteiger partial charge on any atom is -0.493 e. The van der Waals surface area contributed by atoms with Gasteiger partial charge in [-0.05, 0) is 68.5 Å². The molecule has 1 aliphatic heterocycles. The number of piperidine rings is 1. The lowest BCUT2D eigenvalue weighted by Gasteiger charge is -2.23. The number of Topliss-reactive ketones (excluding diaryl/α,β-unsaturated/α-hetero) is 1. The van der Waals surface area contributed by atoms with Gasteiger partial charge >= 0.3 is 0 Å². The maximum absolute atomic E-state index is 12.9. The van der Waals surface area contributed by atoms with Crippen LogP contribution in [0, 0.1) is 12.8 Å². The highest BCUT2D eigenvalue weighted by Gasteiger charge is 2.25. The Morgan fingerprint density at radius 2 is 2.00 bits per heavy atom. The van der Waals surface area contributed by atoms with E-state index >= 15 is 0 Å². The third-order valence-corrected chi connectivity index (χ3v) is 4.42. The second-order valence-electron chi connectivity index (χ2n) is 6.60. The van der Waals surface area contributed by atoms with Crippen molar-refractivity contribution in [1.29, 1.82) is 0 Å². The summed E-state index contributed by atoms with van der Waals surface area (Å²) < 4.78 is 5.89. The van der Waals surface area contributed by atoms with Crippen molar-refractivity contribution >= 4 is 5.78 Å². The zero-order chi connectivity index (χ0) is 16.1. The van der Waals surface area contributed by atoms with Crippen molar-refractivity contribution < 1.29 is 9.53 Å². The summed E-state index contributed by atoms with van der Waals surface area (Å²) in [6.45, 7) is 11.1. The Hall–Kier alpha value is -1.35. The van der Waals surface area contributed by atoms with Crippen LogP contribution in [0.1, 0.15) is 67.4 Å². The van der Waals surface area contributed by atoms with E-state index in [-0.39, 0.29) is 5.92 Å². The molecule has 22 heavy (non-hydrogen) atoms. The highest BCUT2D eigenvalue weighted by molar-refractivity contribution is 5.99. The maximum Gasteiger partial charge on any atom is 0.166 e. The molecule has 1 saturated heterocycles. The summed E-state index contributed by atoms with van der Waals surface area (Å²) in [6.07, 6.45) is 2.89. The van der Waals surface area contributed by atoms with Crippen molar-refractivity contribution in [2.24, 2.45) is 5.92 Å². The van der Waals surface area contributed by atoms with Gasteiger partial charge in [0.1, 0.15) is 5.75 Å².